The fourth-order valence-electron chi connectivity index (χ4n) is 3.68. The molecule has 3 aromatic carbocycles. The average molecular weight is 472 g/mol. The Kier molecular flexibility index (Phi) is 6.28. The normalized spacial score (nSPS) is 15.9. The van der Waals surface area contributed by atoms with Gasteiger partial charge in [0, 0.05) is 29.9 Å². The summed E-state index contributed by atoms with van der Waals surface area (Å²) in [5, 5.41) is 2.71. The van der Waals surface area contributed by atoms with Gasteiger partial charge in [0.05, 0.1) is 5.56 Å². The van der Waals surface area contributed by atoms with Crippen LogP contribution in [0, 0.1) is 5.82 Å². The molecule has 0 spiro atoms. The van der Waals surface area contributed by atoms with Crippen LogP contribution in [0.2, 0.25) is 0 Å². The van der Waals surface area contributed by atoms with Crippen LogP contribution >= 0.6 is 0 Å². The Balaban J connectivity index is 1.56. The van der Waals surface area contributed by atoms with Gasteiger partial charge < -0.3 is 15.0 Å². The molecule has 3 aromatic rings. The minimum absolute atomic E-state index is 0.0396. The summed E-state index contributed by atoms with van der Waals surface area (Å²) in [5.74, 6) is -0.837. The van der Waals surface area contributed by atoms with Crippen molar-refractivity contribution < 1.29 is 31.9 Å². The van der Waals surface area contributed by atoms with E-state index in [9.17, 15) is 27.2 Å². The maximum absolute atomic E-state index is 13.1. The number of carbonyl (C=O) groups excluding carboxylic acids is 2. The minimum Gasteiger partial charge on any atom is -0.481 e. The van der Waals surface area contributed by atoms with Crippen LogP contribution in [0.1, 0.15) is 34.0 Å². The molecule has 1 N–H and O–H groups in total. The maximum Gasteiger partial charge on any atom is 0.416 e. The van der Waals surface area contributed by atoms with Crippen LogP contribution in [-0.2, 0) is 24.1 Å². The lowest BCUT2D eigenvalue weighted by atomic mass is 10.1. The van der Waals surface area contributed by atoms with Crippen LogP contribution in [0.15, 0.2) is 66.7 Å². The van der Waals surface area contributed by atoms with E-state index in [1.54, 1.807) is 25.1 Å². The summed E-state index contributed by atoms with van der Waals surface area (Å²) < 4.78 is 58.1. The van der Waals surface area contributed by atoms with Crippen LogP contribution in [0.5, 0.6) is 5.75 Å². The van der Waals surface area contributed by atoms with Crippen molar-refractivity contribution >= 4 is 17.5 Å². The predicted octanol–water partition coefficient (Wildman–Crippen LogP) is 5.41. The van der Waals surface area contributed by atoms with Crippen molar-refractivity contribution in [2.24, 2.45) is 0 Å². The van der Waals surface area contributed by atoms with E-state index in [1.165, 1.54) is 41.3 Å². The van der Waals surface area contributed by atoms with Crippen molar-refractivity contribution in [1.29, 1.82) is 0 Å². The number of ether oxygens (including phenoxy) is 1. The standard InChI is InChI=1S/C25H20F4N2O3/c1-15-24(33)31(13-16-3-2-4-19(11-16)25(27,28)29)14-18-12-21(9-10-22(18)34-15)30-23(32)17-5-7-20(26)8-6-17/h2-12,15H,13-14H2,1H3,(H,30,32)/t15-/m0/s1. The largest absolute Gasteiger partial charge is 0.481 e. The number of nitrogens with one attached hydrogen (secondary N) is 1. The molecule has 1 aliphatic heterocycles. The van der Waals surface area contributed by atoms with E-state index in [0.717, 1.165) is 12.1 Å². The number of anilines is 1. The highest BCUT2D eigenvalue weighted by atomic mass is 19.4. The summed E-state index contributed by atoms with van der Waals surface area (Å²) in [5.41, 5.74) is 0.823. The van der Waals surface area contributed by atoms with Crippen LogP contribution < -0.4 is 10.1 Å². The van der Waals surface area contributed by atoms with Gasteiger partial charge in [-0.25, -0.2) is 4.39 Å². The summed E-state index contributed by atoms with van der Waals surface area (Å²) in [4.78, 5) is 26.7. The van der Waals surface area contributed by atoms with Crippen molar-refractivity contribution in [3.05, 3.63) is 94.8 Å². The number of rotatable bonds is 4. The molecule has 0 fully saturated rings. The van der Waals surface area contributed by atoms with Crippen molar-refractivity contribution in [2.45, 2.75) is 32.3 Å². The molecule has 9 heteroatoms. The second-order valence-electron chi connectivity index (χ2n) is 7.94. The topological polar surface area (TPSA) is 58.6 Å². The number of fused-ring (bicyclic) bond motifs is 1. The number of benzene rings is 3. The number of halogens is 4. The Morgan fingerprint density at radius 3 is 2.53 bits per heavy atom. The molecule has 0 aliphatic carbocycles. The zero-order valence-electron chi connectivity index (χ0n) is 18.0. The Morgan fingerprint density at radius 2 is 1.82 bits per heavy atom. The molecule has 0 radical (unpaired) electrons. The molecule has 1 heterocycles. The number of amides is 2. The fraction of sp³-hybridized carbons (Fsp3) is 0.200. The molecule has 0 aromatic heterocycles. The van der Waals surface area contributed by atoms with E-state index in [1.807, 2.05) is 0 Å². The van der Waals surface area contributed by atoms with Gasteiger partial charge in [-0.3, -0.25) is 9.59 Å². The van der Waals surface area contributed by atoms with Crippen molar-refractivity contribution in [3.63, 3.8) is 0 Å². The maximum atomic E-state index is 13.1. The van der Waals surface area contributed by atoms with E-state index >= 15 is 0 Å². The molecule has 0 saturated heterocycles. The van der Waals surface area contributed by atoms with Crippen LogP contribution in [-0.4, -0.2) is 22.8 Å². The first-order chi connectivity index (χ1) is 16.1. The predicted molar refractivity (Wildman–Crippen MR) is 117 cm³/mol. The molecule has 0 saturated carbocycles. The van der Waals surface area contributed by atoms with Gasteiger partial charge in [0.25, 0.3) is 11.8 Å². The van der Waals surface area contributed by atoms with Gasteiger partial charge in [-0.1, -0.05) is 12.1 Å². The van der Waals surface area contributed by atoms with E-state index < -0.39 is 29.6 Å². The highest BCUT2D eigenvalue weighted by Gasteiger charge is 2.32. The molecule has 176 valence electrons. The van der Waals surface area contributed by atoms with Gasteiger partial charge in [0.2, 0.25) is 0 Å². The van der Waals surface area contributed by atoms with Crippen LogP contribution in [0.25, 0.3) is 0 Å². The lowest BCUT2D eigenvalue weighted by Crippen LogP contribution is -2.37. The zero-order chi connectivity index (χ0) is 24.5. The Labute approximate surface area is 193 Å². The summed E-state index contributed by atoms with van der Waals surface area (Å²) in [6.45, 7) is 1.61. The van der Waals surface area contributed by atoms with E-state index in [2.05, 4.69) is 5.32 Å². The summed E-state index contributed by atoms with van der Waals surface area (Å²) >= 11 is 0. The minimum atomic E-state index is -4.49. The van der Waals surface area contributed by atoms with Crippen LogP contribution in [0.4, 0.5) is 23.2 Å². The molecule has 1 atom stereocenters. The zero-order valence-corrected chi connectivity index (χ0v) is 18.0. The first-order valence-corrected chi connectivity index (χ1v) is 10.4. The van der Waals surface area contributed by atoms with Gasteiger partial charge in [-0.2, -0.15) is 13.2 Å². The number of nitrogens with zero attached hydrogens (tertiary/aromatic N) is 1. The first kappa shape index (κ1) is 23.3. The SMILES string of the molecule is C[C@@H]1Oc2ccc(NC(=O)c3ccc(F)cc3)cc2CN(Cc2cccc(C(F)(F)F)c2)C1=O. The van der Waals surface area contributed by atoms with Gasteiger partial charge in [-0.15, -0.1) is 0 Å². The highest BCUT2D eigenvalue weighted by molar-refractivity contribution is 6.04. The van der Waals surface area contributed by atoms with Gasteiger partial charge in [-0.05, 0) is 67.1 Å². The molecule has 34 heavy (non-hydrogen) atoms. The Bertz CT molecular complexity index is 1230. The first-order valence-electron chi connectivity index (χ1n) is 10.4. The third-order valence-electron chi connectivity index (χ3n) is 5.38. The third-order valence-corrected chi connectivity index (χ3v) is 5.38. The second-order valence-corrected chi connectivity index (χ2v) is 7.94. The Morgan fingerprint density at radius 1 is 1.09 bits per heavy atom. The molecular formula is C25H20F4N2O3. The highest BCUT2D eigenvalue weighted by Crippen LogP contribution is 2.32. The monoisotopic (exact) mass is 472 g/mol. The molecule has 5 nitrogen and oxygen atoms in total. The smallest absolute Gasteiger partial charge is 0.416 e. The van der Waals surface area contributed by atoms with E-state index in [0.29, 0.717) is 22.6 Å². The average Bonchev–Trinajstić information content (AvgIpc) is 2.90. The van der Waals surface area contributed by atoms with Gasteiger partial charge in [0.1, 0.15) is 11.6 Å². The van der Waals surface area contributed by atoms with Crippen LogP contribution in [0.3, 0.4) is 0 Å². The summed E-state index contributed by atoms with van der Waals surface area (Å²) in [7, 11) is 0. The molecule has 0 unspecified atom stereocenters. The van der Waals surface area contributed by atoms with E-state index in [-0.39, 0.29) is 24.6 Å². The van der Waals surface area contributed by atoms with Gasteiger partial charge in [0.15, 0.2) is 6.10 Å². The van der Waals surface area contributed by atoms with E-state index in [4.69, 9.17) is 4.74 Å². The molecule has 2 amide bonds. The number of carbonyl (C=O) groups is 2. The fourth-order valence-corrected chi connectivity index (χ4v) is 3.68. The Hall–Kier alpha value is -3.88. The molecular weight excluding hydrogens is 452 g/mol. The lowest BCUT2D eigenvalue weighted by Gasteiger charge is -2.22. The summed E-state index contributed by atoms with van der Waals surface area (Å²) in [6, 6.07) is 14.8. The van der Waals surface area contributed by atoms with Gasteiger partial charge >= 0.3 is 6.18 Å². The number of hydrogen-bond acceptors (Lipinski definition) is 3. The van der Waals surface area contributed by atoms with Crippen molar-refractivity contribution in [1.82, 2.24) is 4.90 Å². The number of alkyl halides is 3. The van der Waals surface area contributed by atoms with Crippen molar-refractivity contribution in [2.75, 3.05) is 5.32 Å². The lowest BCUT2D eigenvalue weighted by molar-refractivity contribution is -0.138. The third kappa shape index (κ3) is 5.19. The molecule has 0 bridgehead atoms. The number of hydrogen-bond donors (Lipinski definition) is 1. The molecule has 4 rings (SSSR count). The summed E-state index contributed by atoms with van der Waals surface area (Å²) in [6.07, 6.45) is -5.33. The molecule has 1 aliphatic rings. The van der Waals surface area contributed by atoms with Crippen molar-refractivity contribution in [3.8, 4) is 5.75 Å². The second kappa shape index (κ2) is 9.17. The quantitative estimate of drug-likeness (QED) is 0.517.